The van der Waals surface area contributed by atoms with Crippen molar-refractivity contribution in [3.05, 3.63) is 0 Å². The van der Waals surface area contributed by atoms with Gasteiger partial charge in [-0.15, -0.1) is 0 Å². The summed E-state index contributed by atoms with van der Waals surface area (Å²) in [4.78, 5) is 24.6. The van der Waals surface area contributed by atoms with Crippen molar-refractivity contribution in [3.63, 3.8) is 0 Å². The highest BCUT2D eigenvalue weighted by molar-refractivity contribution is 9.09. The van der Waals surface area contributed by atoms with Crippen molar-refractivity contribution >= 4 is 27.7 Å². The predicted molar refractivity (Wildman–Crippen MR) is 61.8 cm³/mol. The number of amides is 2. The summed E-state index contributed by atoms with van der Waals surface area (Å²) in [5.41, 5.74) is 0. The molecule has 0 saturated carbocycles. The number of nitrogens with zero attached hydrogens (tertiary/aromatic N) is 1. The lowest BCUT2D eigenvalue weighted by molar-refractivity contribution is -0.131. The van der Waals surface area contributed by atoms with Crippen LogP contribution in [0.2, 0.25) is 0 Å². The minimum Gasteiger partial charge on any atom is -0.344 e. The van der Waals surface area contributed by atoms with E-state index >= 15 is 0 Å². The molecule has 1 saturated heterocycles. The van der Waals surface area contributed by atoms with Crippen LogP contribution in [-0.2, 0) is 9.59 Å². The van der Waals surface area contributed by atoms with E-state index in [-0.39, 0.29) is 17.9 Å². The molecule has 1 atom stereocenters. The van der Waals surface area contributed by atoms with E-state index in [4.69, 9.17) is 0 Å². The van der Waals surface area contributed by atoms with Crippen molar-refractivity contribution in [2.75, 3.05) is 18.9 Å². The molecule has 1 aliphatic rings. The van der Waals surface area contributed by atoms with Crippen LogP contribution in [0.4, 0.5) is 0 Å². The van der Waals surface area contributed by atoms with Crippen molar-refractivity contribution < 1.29 is 9.59 Å². The molecule has 86 valence electrons. The van der Waals surface area contributed by atoms with E-state index in [0.717, 1.165) is 31.1 Å². The minimum atomic E-state index is -0.286. The average Bonchev–Trinajstić information content (AvgIpc) is 2.50. The van der Waals surface area contributed by atoms with Crippen LogP contribution in [0.1, 0.15) is 25.7 Å². The number of rotatable bonds is 5. The van der Waals surface area contributed by atoms with E-state index in [1.165, 1.54) is 0 Å². The zero-order valence-corrected chi connectivity index (χ0v) is 10.5. The molecule has 0 aromatic heterocycles. The topological polar surface area (TPSA) is 49.4 Å². The maximum Gasteiger partial charge on any atom is 0.244 e. The number of nitrogens with one attached hydrogen (secondary N) is 1. The molecule has 1 unspecified atom stereocenters. The van der Waals surface area contributed by atoms with Crippen LogP contribution in [0.15, 0.2) is 0 Å². The lowest BCUT2D eigenvalue weighted by Crippen LogP contribution is -2.40. The molecular weight excluding hydrogens is 260 g/mol. The van der Waals surface area contributed by atoms with Gasteiger partial charge in [0.05, 0.1) is 0 Å². The number of likely N-dealkylation sites (tertiary alicyclic amines) is 1. The van der Waals surface area contributed by atoms with Gasteiger partial charge in [-0.25, -0.2) is 0 Å². The summed E-state index contributed by atoms with van der Waals surface area (Å²) in [5, 5.41) is 3.69. The summed E-state index contributed by atoms with van der Waals surface area (Å²) in [6.45, 7) is 0.741. The first-order valence-corrected chi connectivity index (χ1v) is 6.37. The van der Waals surface area contributed by atoms with Crippen LogP contribution in [0.3, 0.4) is 0 Å². The summed E-state index contributed by atoms with van der Waals surface area (Å²) in [6, 6.07) is -0.286. The highest BCUT2D eigenvalue weighted by Gasteiger charge is 2.29. The SMILES string of the molecule is CN1CCC(NC(=O)CCCCBr)C1=O. The Labute approximate surface area is 98.5 Å². The molecule has 0 aromatic rings. The Balaban J connectivity index is 2.23. The predicted octanol–water partition coefficient (Wildman–Crippen LogP) is 0.898. The first kappa shape index (κ1) is 12.5. The zero-order valence-electron chi connectivity index (χ0n) is 8.96. The van der Waals surface area contributed by atoms with Crippen molar-refractivity contribution in [3.8, 4) is 0 Å². The molecular formula is C10H17BrN2O2. The third-order valence-electron chi connectivity index (χ3n) is 2.55. The Bertz CT molecular complexity index is 246. The van der Waals surface area contributed by atoms with Crippen LogP contribution in [-0.4, -0.2) is 41.7 Å². The fraction of sp³-hybridized carbons (Fsp3) is 0.800. The number of hydrogen-bond acceptors (Lipinski definition) is 2. The Morgan fingerprint density at radius 1 is 1.60 bits per heavy atom. The van der Waals surface area contributed by atoms with Crippen molar-refractivity contribution in [2.24, 2.45) is 0 Å². The van der Waals surface area contributed by atoms with Gasteiger partial charge < -0.3 is 10.2 Å². The summed E-state index contributed by atoms with van der Waals surface area (Å²) in [5.74, 6) is 0.0217. The summed E-state index contributed by atoms with van der Waals surface area (Å²) < 4.78 is 0. The fourth-order valence-electron chi connectivity index (χ4n) is 1.60. The zero-order chi connectivity index (χ0) is 11.3. The second-order valence-corrected chi connectivity index (χ2v) is 4.61. The second-order valence-electron chi connectivity index (χ2n) is 3.81. The minimum absolute atomic E-state index is 0.00963. The van der Waals surface area contributed by atoms with Gasteiger partial charge in [-0.1, -0.05) is 15.9 Å². The Hall–Kier alpha value is -0.580. The first-order chi connectivity index (χ1) is 7.15. The molecule has 1 heterocycles. The summed E-state index contributed by atoms with van der Waals surface area (Å²) >= 11 is 3.31. The molecule has 0 aliphatic carbocycles. The number of likely N-dealkylation sites (N-methyl/N-ethyl adjacent to an activating group) is 1. The molecule has 4 nitrogen and oxygen atoms in total. The number of carbonyl (C=O) groups excluding carboxylic acids is 2. The molecule has 0 radical (unpaired) electrons. The highest BCUT2D eigenvalue weighted by atomic mass is 79.9. The number of alkyl halides is 1. The van der Waals surface area contributed by atoms with E-state index in [0.29, 0.717) is 6.42 Å². The third-order valence-corrected chi connectivity index (χ3v) is 3.11. The second kappa shape index (κ2) is 6.10. The molecule has 1 N–H and O–H groups in total. The van der Waals surface area contributed by atoms with Crippen LogP contribution in [0, 0.1) is 0 Å². The van der Waals surface area contributed by atoms with Crippen LogP contribution < -0.4 is 5.32 Å². The molecule has 1 rings (SSSR count). The van der Waals surface area contributed by atoms with Gasteiger partial charge in [0.15, 0.2) is 0 Å². The van der Waals surface area contributed by atoms with Gasteiger partial charge in [0.25, 0.3) is 0 Å². The van der Waals surface area contributed by atoms with Crippen molar-refractivity contribution in [1.29, 1.82) is 0 Å². The molecule has 0 aromatic carbocycles. The summed E-state index contributed by atoms with van der Waals surface area (Å²) in [6.07, 6.45) is 3.11. The number of carbonyl (C=O) groups is 2. The number of hydrogen-bond donors (Lipinski definition) is 1. The molecule has 15 heavy (non-hydrogen) atoms. The molecule has 5 heteroatoms. The molecule has 2 amide bonds. The van der Waals surface area contributed by atoms with E-state index in [2.05, 4.69) is 21.2 Å². The van der Waals surface area contributed by atoms with Crippen LogP contribution in [0.25, 0.3) is 0 Å². The quantitative estimate of drug-likeness (QED) is 0.599. The number of halogens is 1. The molecule has 1 aliphatic heterocycles. The van der Waals surface area contributed by atoms with E-state index in [9.17, 15) is 9.59 Å². The van der Waals surface area contributed by atoms with Crippen LogP contribution >= 0.6 is 15.9 Å². The lowest BCUT2D eigenvalue weighted by atomic mass is 10.2. The van der Waals surface area contributed by atoms with Crippen molar-refractivity contribution in [2.45, 2.75) is 31.7 Å². The maximum atomic E-state index is 11.5. The van der Waals surface area contributed by atoms with Gasteiger partial charge in [-0.3, -0.25) is 9.59 Å². The van der Waals surface area contributed by atoms with Gasteiger partial charge in [0, 0.05) is 25.3 Å². The molecule has 1 fully saturated rings. The standard InChI is InChI=1S/C10H17BrN2O2/c1-13-7-5-8(10(13)15)12-9(14)4-2-3-6-11/h8H,2-7H2,1H3,(H,12,14). The maximum absolute atomic E-state index is 11.5. The summed E-state index contributed by atoms with van der Waals surface area (Å²) in [7, 11) is 1.76. The smallest absolute Gasteiger partial charge is 0.244 e. The largest absolute Gasteiger partial charge is 0.344 e. The van der Waals surface area contributed by atoms with Gasteiger partial charge >= 0.3 is 0 Å². The van der Waals surface area contributed by atoms with E-state index in [1.54, 1.807) is 11.9 Å². The van der Waals surface area contributed by atoms with Gasteiger partial charge in [0.1, 0.15) is 6.04 Å². The van der Waals surface area contributed by atoms with Gasteiger partial charge in [-0.2, -0.15) is 0 Å². The average molecular weight is 277 g/mol. The third kappa shape index (κ3) is 3.81. The van der Waals surface area contributed by atoms with Crippen LogP contribution in [0.5, 0.6) is 0 Å². The Kier molecular flexibility index (Phi) is 5.08. The number of unbranched alkanes of at least 4 members (excludes halogenated alkanes) is 1. The fourth-order valence-corrected chi connectivity index (χ4v) is 2.00. The van der Waals surface area contributed by atoms with Gasteiger partial charge in [0.2, 0.25) is 11.8 Å². The Morgan fingerprint density at radius 3 is 2.87 bits per heavy atom. The van der Waals surface area contributed by atoms with Gasteiger partial charge in [-0.05, 0) is 19.3 Å². The van der Waals surface area contributed by atoms with Crippen molar-refractivity contribution in [1.82, 2.24) is 10.2 Å². The highest BCUT2D eigenvalue weighted by Crippen LogP contribution is 2.09. The molecule has 0 bridgehead atoms. The lowest BCUT2D eigenvalue weighted by Gasteiger charge is -2.11. The Morgan fingerprint density at radius 2 is 2.33 bits per heavy atom. The van der Waals surface area contributed by atoms with E-state index < -0.39 is 0 Å². The first-order valence-electron chi connectivity index (χ1n) is 5.25. The molecule has 0 spiro atoms. The normalized spacial score (nSPS) is 20.8. The monoisotopic (exact) mass is 276 g/mol. The van der Waals surface area contributed by atoms with E-state index in [1.807, 2.05) is 0 Å².